The Labute approximate surface area is 128 Å². The highest BCUT2D eigenvalue weighted by molar-refractivity contribution is 5.86. The van der Waals surface area contributed by atoms with Gasteiger partial charge in [-0.3, -0.25) is 0 Å². The molecule has 1 fully saturated rings. The summed E-state index contributed by atoms with van der Waals surface area (Å²) in [7, 11) is 0. The molecule has 22 heavy (non-hydrogen) atoms. The van der Waals surface area contributed by atoms with E-state index in [0.717, 1.165) is 0 Å². The summed E-state index contributed by atoms with van der Waals surface area (Å²) in [6.07, 6.45) is 0.0883. The monoisotopic (exact) mass is 314 g/mol. The fourth-order valence-electron chi connectivity index (χ4n) is 2.06. The molecule has 0 heterocycles. The predicted molar refractivity (Wildman–Crippen MR) is 77.4 cm³/mol. The van der Waals surface area contributed by atoms with E-state index >= 15 is 0 Å². The van der Waals surface area contributed by atoms with E-state index in [0.29, 0.717) is 0 Å². The number of carboxylic acids is 1. The minimum atomic E-state index is -1.43. The van der Waals surface area contributed by atoms with Gasteiger partial charge in [0.05, 0.1) is 0 Å². The van der Waals surface area contributed by atoms with Gasteiger partial charge in [-0.15, -0.1) is 0 Å². The van der Waals surface area contributed by atoms with Gasteiger partial charge in [0.25, 0.3) is 0 Å². The van der Waals surface area contributed by atoms with Crippen molar-refractivity contribution < 1.29 is 29.0 Å². The molecule has 3 N–H and O–H groups in total. The lowest BCUT2D eigenvalue weighted by atomic mass is 9.72. The van der Waals surface area contributed by atoms with Crippen LogP contribution in [0.2, 0.25) is 0 Å². The summed E-state index contributed by atoms with van der Waals surface area (Å²) in [5.74, 6) is -1.17. The van der Waals surface area contributed by atoms with Gasteiger partial charge in [0.1, 0.15) is 17.7 Å². The molecule has 0 aromatic rings. The molecule has 0 aliphatic heterocycles. The van der Waals surface area contributed by atoms with E-state index in [1.54, 1.807) is 20.8 Å². The highest BCUT2D eigenvalue weighted by atomic mass is 16.6. The van der Waals surface area contributed by atoms with Crippen LogP contribution in [0.3, 0.4) is 0 Å². The van der Waals surface area contributed by atoms with Gasteiger partial charge in [-0.25, -0.2) is 14.4 Å². The van der Waals surface area contributed by atoms with E-state index < -0.39 is 29.3 Å². The Morgan fingerprint density at radius 1 is 1.32 bits per heavy atom. The number of aliphatic carboxylic acids is 1. The Kier molecular flexibility index (Phi) is 5.40. The van der Waals surface area contributed by atoms with Crippen LogP contribution in [0.25, 0.3) is 0 Å². The molecular formula is C14H22N2O6. The second kappa shape index (κ2) is 6.67. The molecule has 1 aliphatic carbocycles. The van der Waals surface area contributed by atoms with Crippen LogP contribution >= 0.6 is 0 Å². The minimum Gasteiger partial charge on any atom is -0.480 e. The number of amides is 2. The molecule has 1 aliphatic rings. The van der Waals surface area contributed by atoms with Crippen molar-refractivity contribution in [3.63, 3.8) is 0 Å². The van der Waals surface area contributed by atoms with E-state index in [-0.39, 0.29) is 25.5 Å². The number of carboxylic acid groups (broad SMARTS) is 1. The van der Waals surface area contributed by atoms with Gasteiger partial charge < -0.3 is 25.2 Å². The van der Waals surface area contributed by atoms with Crippen LogP contribution < -0.4 is 10.6 Å². The molecule has 124 valence electrons. The molecule has 0 unspecified atom stereocenters. The molecule has 2 amide bonds. The normalized spacial score (nSPS) is 23.7. The second-order valence-electron chi connectivity index (χ2n) is 6.15. The number of hydrogen-bond acceptors (Lipinski definition) is 5. The first-order valence-corrected chi connectivity index (χ1v) is 6.87. The Bertz CT molecular complexity index is 462. The van der Waals surface area contributed by atoms with Gasteiger partial charge in [0.15, 0.2) is 0 Å². The van der Waals surface area contributed by atoms with E-state index in [2.05, 4.69) is 17.2 Å². The molecule has 8 nitrogen and oxygen atoms in total. The fraction of sp³-hybridized carbons (Fsp3) is 0.643. The summed E-state index contributed by atoms with van der Waals surface area (Å²) in [4.78, 5) is 34.5. The molecule has 0 radical (unpaired) electrons. The van der Waals surface area contributed by atoms with E-state index in [1.165, 1.54) is 6.08 Å². The molecule has 8 heteroatoms. The predicted octanol–water partition coefficient (Wildman–Crippen LogP) is 1.41. The van der Waals surface area contributed by atoms with Gasteiger partial charge in [0, 0.05) is 18.9 Å². The number of carbonyl (C=O) groups is 3. The van der Waals surface area contributed by atoms with Crippen LogP contribution in [0.5, 0.6) is 0 Å². The summed E-state index contributed by atoms with van der Waals surface area (Å²) < 4.78 is 9.80. The smallest absolute Gasteiger partial charge is 0.408 e. The molecular weight excluding hydrogens is 292 g/mol. The molecule has 0 bridgehead atoms. The molecule has 0 atom stereocenters. The van der Waals surface area contributed by atoms with Crippen molar-refractivity contribution >= 4 is 18.2 Å². The highest BCUT2D eigenvalue weighted by Gasteiger charge is 2.53. The SMILES string of the molecule is C=CCOC(=O)NC1CC(NC(=O)OC(C)(C)C)(C(=O)O)C1. The third-order valence-corrected chi connectivity index (χ3v) is 2.99. The first-order valence-electron chi connectivity index (χ1n) is 6.87. The van der Waals surface area contributed by atoms with Crippen molar-refractivity contribution in [2.45, 2.75) is 50.8 Å². The molecule has 0 spiro atoms. The molecule has 0 saturated heterocycles. The van der Waals surface area contributed by atoms with Crippen molar-refractivity contribution in [3.05, 3.63) is 12.7 Å². The number of rotatable bonds is 5. The quantitative estimate of drug-likeness (QED) is 0.661. The van der Waals surface area contributed by atoms with Crippen LogP contribution in [-0.2, 0) is 14.3 Å². The van der Waals surface area contributed by atoms with Gasteiger partial charge in [-0.1, -0.05) is 12.7 Å². The molecule has 1 saturated carbocycles. The zero-order valence-electron chi connectivity index (χ0n) is 13.0. The third-order valence-electron chi connectivity index (χ3n) is 2.99. The zero-order valence-corrected chi connectivity index (χ0v) is 13.0. The summed E-state index contributed by atoms with van der Waals surface area (Å²) >= 11 is 0. The Morgan fingerprint density at radius 2 is 1.91 bits per heavy atom. The molecule has 0 aromatic heterocycles. The van der Waals surface area contributed by atoms with Crippen molar-refractivity contribution in [3.8, 4) is 0 Å². The lowest BCUT2D eigenvalue weighted by Crippen LogP contribution is -2.68. The van der Waals surface area contributed by atoms with Crippen LogP contribution in [-0.4, -0.2) is 47.1 Å². The van der Waals surface area contributed by atoms with Crippen LogP contribution in [0.4, 0.5) is 9.59 Å². The van der Waals surface area contributed by atoms with E-state index in [9.17, 15) is 19.5 Å². The number of ether oxygens (including phenoxy) is 2. The van der Waals surface area contributed by atoms with Crippen molar-refractivity contribution in [2.24, 2.45) is 0 Å². The number of hydrogen-bond donors (Lipinski definition) is 3. The average molecular weight is 314 g/mol. The van der Waals surface area contributed by atoms with Gasteiger partial charge in [-0.2, -0.15) is 0 Å². The van der Waals surface area contributed by atoms with Crippen LogP contribution in [0, 0.1) is 0 Å². The number of carbonyl (C=O) groups excluding carboxylic acids is 2. The van der Waals surface area contributed by atoms with Crippen LogP contribution in [0.1, 0.15) is 33.6 Å². The molecule has 1 rings (SSSR count). The minimum absolute atomic E-state index is 0.0603. The Morgan fingerprint density at radius 3 is 2.36 bits per heavy atom. The summed E-state index contributed by atoms with van der Waals surface area (Å²) in [5.41, 5.74) is -2.15. The van der Waals surface area contributed by atoms with Crippen molar-refractivity contribution in [2.75, 3.05) is 6.61 Å². The maximum Gasteiger partial charge on any atom is 0.408 e. The standard InChI is InChI=1S/C14H22N2O6/c1-5-6-21-11(19)15-9-7-14(8-9,10(17)18)16-12(20)22-13(2,3)4/h5,9H,1,6-8H2,2-4H3,(H,15,19)(H,16,20)(H,17,18). The average Bonchev–Trinajstić information content (AvgIpc) is 2.30. The fourth-order valence-corrected chi connectivity index (χ4v) is 2.06. The van der Waals surface area contributed by atoms with E-state index in [4.69, 9.17) is 9.47 Å². The second-order valence-corrected chi connectivity index (χ2v) is 6.15. The number of nitrogens with one attached hydrogen (secondary N) is 2. The maximum atomic E-state index is 11.7. The first-order chi connectivity index (χ1) is 10.1. The first kappa shape index (κ1) is 17.8. The Balaban J connectivity index is 2.53. The topological polar surface area (TPSA) is 114 Å². The lowest BCUT2D eigenvalue weighted by Gasteiger charge is -2.44. The van der Waals surface area contributed by atoms with Crippen LogP contribution in [0.15, 0.2) is 12.7 Å². The van der Waals surface area contributed by atoms with Crippen molar-refractivity contribution in [1.82, 2.24) is 10.6 Å². The van der Waals surface area contributed by atoms with Crippen molar-refractivity contribution in [1.29, 1.82) is 0 Å². The summed E-state index contributed by atoms with van der Waals surface area (Å²) in [5, 5.41) is 14.2. The van der Waals surface area contributed by atoms with E-state index in [1.807, 2.05) is 0 Å². The third kappa shape index (κ3) is 4.94. The highest BCUT2D eigenvalue weighted by Crippen LogP contribution is 2.33. The zero-order chi connectivity index (χ0) is 17.0. The Hall–Kier alpha value is -2.25. The maximum absolute atomic E-state index is 11.7. The van der Waals surface area contributed by atoms with Gasteiger partial charge >= 0.3 is 18.2 Å². The molecule has 0 aromatic carbocycles. The largest absolute Gasteiger partial charge is 0.480 e. The van der Waals surface area contributed by atoms with Gasteiger partial charge in [0.2, 0.25) is 0 Å². The lowest BCUT2D eigenvalue weighted by molar-refractivity contribution is -0.149. The number of alkyl carbamates (subject to hydrolysis) is 2. The van der Waals surface area contributed by atoms with Gasteiger partial charge in [-0.05, 0) is 20.8 Å². The summed E-state index contributed by atoms with van der Waals surface area (Å²) in [6.45, 7) is 8.52. The summed E-state index contributed by atoms with van der Waals surface area (Å²) in [6, 6.07) is -0.386.